The molecule has 1 aliphatic rings. The quantitative estimate of drug-likeness (QED) is 0.869. The number of halogens is 1. The van der Waals surface area contributed by atoms with Crippen LogP contribution in [0.3, 0.4) is 0 Å². The van der Waals surface area contributed by atoms with Crippen molar-refractivity contribution in [2.24, 2.45) is 0 Å². The molecule has 0 radical (unpaired) electrons. The van der Waals surface area contributed by atoms with Crippen LogP contribution in [-0.2, 0) is 11.2 Å². The van der Waals surface area contributed by atoms with E-state index in [1.165, 1.54) is 12.1 Å². The van der Waals surface area contributed by atoms with Crippen molar-refractivity contribution in [2.45, 2.75) is 44.6 Å². The molecule has 4 heteroatoms. The van der Waals surface area contributed by atoms with Gasteiger partial charge in [-0.2, -0.15) is 0 Å². The molecule has 1 N–H and O–H groups in total. The summed E-state index contributed by atoms with van der Waals surface area (Å²) in [6.07, 6.45) is 5.45. The van der Waals surface area contributed by atoms with Crippen LogP contribution in [0.5, 0.6) is 0 Å². The first kappa shape index (κ1) is 15.0. The zero-order chi connectivity index (χ0) is 14.4. The van der Waals surface area contributed by atoms with Gasteiger partial charge in [0.1, 0.15) is 5.82 Å². The molecule has 0 aromatic heterocycles. The minimum atomic E-state index is -0.257. The van der Waals surface area contributed by atoms with Crippen LogP contribution in [0, 0.1) is 5.82 Å². The number of carbonyl (C=O) groups excluding carboxylic acids is 1. The molecule has 0 aliphatic heterocycles. The summed E-state index contributed by atoms with van der Waals surface area (Å²) in [5.74, 6) is -0.164. The van der Waals surface area contributed by atoms with E-state index in [4.69, 9.17) is 5.11 Å². The number of aliphatic hydroxyl groups is 1. The standard InChI is InChI=1S/C16H22FNO2/c17-14-8-5-13(6-9-14)7-10-16(20)18(11-12-19)15-3-1-2-4-15/h5-6,8-9,15,19H,1-4,7,10-12H2. The molecule has 0 unspecified atom stereocenters. The fraction of sp³-hybridized carbons (Fsp3) is 0.562. The van der Waals surface area contributed by atoms with Crippen LogP contribution in [0.2, 0.25) is 0 Å². The first-order valence-corrected chi connectivity index (χ1v) is 7.35. The van der Waals surface area contributed by atoms with Gasteiger partial charge in [0.05, 0.1) is 6.61 Å². The zero-order valence-electron chi connectivity index (χ0n) is 11.7. The lowest BCUT2D eigenvalue weighted by molar-refractivity contribution is -0.134. The van der Waals surface area contributed by atoms with Crippen LogP contribution in [0.25, 0.3) is 0 Å². The number of aliphatic hydroxyl groups excluding tert-OH is 1. The number of hydrogen-bond donors (Lipinski definition) is 1. The number of aryl methyl sites for hydroxylation is 1. The number of rotatable bonds is 6. The van der Waals surface area contributed by atoms with Crippen molar-refractivity contribution in [2.75, 3.05) is 13.2 Å². The fourth-order valence-electron chi connectivity index (χ4n) is 2.88. The molecule has 1 aromatic rings. The molecule has 2 rings (SSSR count). The Morgan fingerprint density at radius 2 is 1.90 bits per heavy atom. The topological polar surface area (TPSA) is 40.5 Å². The predicted molar refractivity (Wildman–Crippen MR) is 75.8 cm³/mol. The van der Waals surface area contributed by atoms with E-state index in [1.54, 1.807) is 12.1 Å². The van der Waals surface area contributed by atoms with Gasteiger partial charge in [-0.1, -0.05) is 25.0 Å². The van der Waals surface area contributed by atoms with Gasteiger partial charge in [0, 0.05) is 19.0 Å². The number of amides is 1. The van der Waals surface area contributed by atoms with Gasteiger partial charge in [0.2, 0.25) is 5.91 Å². The van der Waals surface area contributed by atoms with Crippen molar-refractivity contribution in [3.63, 3.8) is 0 Å². The highest BCUT2D eigenvalue weighted by Gasteiger charge is 2.25. The van der Waals surface area contributed by atoms with E-state index in [-0.39, 0.29) is 18.3 Å². The van der Waals surface area contributed by atoms with Crippen LogP contribution in [0.4, 0.5) is 4.39 Å². The van der Waals surface area contributed by atoms with Gasteiger partial charge in [-0.05, 0) is 37.0 Å². The van der Waals surface area contributed by atoms with Gasteiger partial charge < -0.3 is 10.0 Å². The highest BCUT2D eigenvalue weighted by Crippen LogP contribution is 2.24. The van der Waals surface area contributed by atoms with Gasteiger partial charge in [-0.15, -0.1) is 0 Å². The van der Waals surface area contributed by atoms with E-state index in [9.17, 15) is 9.18 Å². The van der Waals surface area contributed by atoms with Crippen molar-refractivity contribution >= 4 is 5.91 Å². The van der Waals surface area contributed by atoms with Crippen LogP contribution in [0.15, 0.2) is 24.3 Å². The average Bonchev–Trinajstić information content (AvgIpc) is 2.97. The summed E-state index contributed by atoms with van der Waals surface area (Å²) in [4.78, 5) is 14.1. The maximum atomic E-state index is 12.8. The SMILES string of the molecule is O=C(CCc1ccc(F)cc1)N(CCO)C1CCCC1. The molecule has 0 heterocycles. The first-order valence-electron chi connectivity index (χ1n) is 7.35. The van der Waals surface area contributed by atoms with Gasteiger partial charge in [-0.25, -0.2) is 4.39 Å². The maximum Gasteiger partial charge on any atom is 0.223 e. The summed E-state index contributed by atoms with van der Waals surface area (Å²) in [6, 6.07) is 6.57. The fourth-order valence-corrected chi connectivity index (χ4v) is 2.88. The maximum absolute atomic E-state index is 12.8. The van der Waals surface area contributed by atoms with Crippen LogP contribution in [0.1, 0.15) is 37.7 Å². The van der Waals surface area contributed by atoms with Gasteiger partial charge in [0.25, 0.3) is 0 Å². The van der Waals surface area contributed by atoms with Crippen LogP contribution < -0.4 is 0 Å². The molecule has 1 aromatic carbocycles. The number of benzene rings is 1. The third kappa shape index (κ3) is 4.04. The van der Waals surface area contributed by atoms with E-state index >= 15 is 0 Å². The summed E-state index contributed by atoms with van der Waals surface area (Å²) in [5, 5.41) is 9.13. The zero-order valence-corrected chi connectivity index (χ0v) is 11.7. The van der Waals surface area contributed by atoms with Crippen molar-refractivity contribution < 1.29 is 14.3 Å². The molecule has 20 heavy (non-hydrogen) atoms. The number of hydrogen-bond acceptors (Lipinski definition) is 2. The average molecular weight is 279 g/mol. The molecule has 0 saturated heterocycles. The molecule has 1 amide bonds. The molecule has 0 atom stereocenters. The molecule has 3 nitrogen and oxygen atoms in total. The summed E-state index contributed by atoms with van der Waals surface area (Å²) >= 11 is 0. The minimum Gasteiger partial charge on any atom is -0.395 e. The third-order valence-electron chi connectivity index (χ3n) is 3.97. The van der Waals surface area contributed by atoms with E-state index in [0.717, 1.165) is 31.2 Å². The molecule has 0 spiro atoms. The lowest BCUT2D eigenvalue weighted by atomic mass is 10.1. The summed E-state index contributed by atoms with van der Waals surface area (Å²) in [6.45, 7) is 0.436. The molecule has 1 fully saturated rings. The molecule has 110 valence electrons. The Hall–Kier alpha value is -1.42. The van der Waals surface area contributed by atoms with Crippen LogP contribution >= 0.6 is 0 Å². The van der Waals surface area contributed by atoms with E-state index in [2.05, 4.69) is 0 Å². The Labute approximate surface area is 119 Å². The van der Waals surface area contributed by atoms with Crippen LogP contribution in [-0.4, -0.2) is 35.1 Å². The second kappa shape index (κ2) is 7.39. The molecule has 0 bridgehead atoms. The Kier molecular flexibility index (Phi) is 5.53. The lowest BCUT2D eigenvalue weighted by Crippen LogP contribution is -2.40. The van der Waals surface area contributed by atoms with E-state index in [0.29, 0.717) is 25.4 Å². The molecule has 1 aliphatic carbocycles. The predicted octanol–water partition coefficient (Wildman–Crippen LogP) is 2.52. The highest BCUT2D eigenvalue weighted by atomic mass is 19.1. The second-order valence-corrected chi connectivity index (χ2v) is 5.38. The molecular weight excluding hydrogens is 257 g/mol. The van der Waals surface area contributed by atoms with Gasteiger partial charge in [-0.3, -0.25) is 4.79 Å². The van der Waals surface area contributed by atoms with E-state index < -0.39 is 0 Å². The largest absolute Gasteiger partial charge is 0.395 e. The Morgan fingerprint density at radius 3 is 2.50 bits per heavy atom. The highest BCUT2D eigenvalue weighted by molar-refractivity contribution is 5.76. The van der Waals surface area contributed by atoms with E-state index in [1.807, 2.05) is 4.90 Å². The Balaban J connectivity index is 1.89. The normalized spacial score (nSPS) is 15.5. The third-order valence-corrected chi connectivity index (χ3v) is 3.97. The number of nitrogens with zero attached hydrogens (tertiary/aromatic N) is 1. The Bertz CT molecular complexity index is 427. The minimum absolute atomic E-state index is 0.0127. The summed E-state index contributed by atoms with van der Waals surface area (Å²) < 4.78 is 12.8. The Morgan fingerprint density at radius 1 is 1.25 bits per heavy atom. The number of carbonyl (C=O) groups is 1. The second-order valence-electron chi connectivity index (χ2n) is 5.38. The summed E-state index contributed by atoms with van der Waals surface area (Å²) in [5.41, 5.74) is 0.968. The van der Waals surface area contributed by atoms with Crippen molar-refractivity contribution in [3.05, 3.63) is 35.6 Å². The molecule has 1 saturated carbocycles. The first-order chi connectivity index (χ1) is 9.70. The van der Waals surface area contributed by atoms with Gasteiger partial charge in [0.15, 0.2) is 0 Å². The summed E-state index contributed by atoms with van der Waals surface area (Å²) in [7, 11) is 0. The smallest absolute Gasteiger partial charge is 0.223 e. The van der Waals surface area contributed by atoms with Crippen molar-refractivity contribution in [1.29, 1.82) is 0 Å². The van der Waals surface area contributed by atoms with Crippen molar-refractivity contribution in [1.82, 2.24) is 4.90 Å². The van der Waals surface area contributed by atoms with Gasteiger partial charge >= 0.3 is 0 Å². The van der Waals surface area contributed by atoms with Crippen molar-refractivity contribution in [3.8, 4) is 0 Å². The molecular formula is C16H22FNO2. The monoisotopic (exact) mass is 279 g/mol. The lowest BCUT2D eigenvalue weighted by Gasteiger charge is -2.28.